The second-order valence-corrected chi connectivity index (χ2v) is 3.91. The number of hydrogen-bond donors (Lipinski definition) is 0. The summed E-state index contributed by atoms with van der Waals surface area (Å²) in [5.74, 6) is 0. The van der Waals surface area contributed by atoms with Gasteiger partial charge in [0.1, 0.15) is 0 Å². The SMILES string of the molecule is [N-]=[N+]=N[IH]c1ccccc1. The van der Waals surface area contributed by atoms with Crippen molar-refractivity contribution in [1.29, 1.82) is 0 Å². The number of azide groups is 1. The van der Waals surface area contributed by atoms with Crippen LogP contribution in [-0.2, 0) is 0 Å². The van der Waals surface area contributed by atoms with Gasteiger partial charge in [-0.25, -0.2) is 0 Å². The van der Waals surface area contributed by atoms with Gasteiger partial charge in [0, 0.05) is 0 Å². The predicted molar refractivity (Wildman–Crippen MR) is 49.7 cm³/mol. The van der Waals surface area contributed by atoms with Crippen LogP contribution in [0, 0.1) is 3.57 Å². The number of hydrogen-bond acceptors (Lipinski definition) is 1. The minimum absolute atomic E-state index is 0.630. The van der Waals surface area contributed by atoms with Gasteiger partial charge in [-0.05, 0) is 0 Å². The van der Waals surface area contributed by atoms with Crippen LogP contribution in [0.4, 0.5) is 0 Å². The van der Waals surface area contributed by atoms with Gasteiger partial charge in [-0.15, -0.1) is 0 Å². The predicted octanol–water partition coefficient (Wildman–Crippen LogP) is 2.78. The summed E-state index contributed by atoms with van der Waals surface area (Å²) >= 11 is -0.630. The summed E-state index contributed by atoms with van der Waals surface area (Å²) in [7, 11) is 0. The molecule has 0 saturated carbocycles. The van der Waals surface area contributed by atoms with Crippen molar-refractivity contribution in [3.63, 3.8) is 0 Å². The van der Waals surface area contributed by atoms with E-state index in [2.05, 4.69) is 8.24 Å². The van der Waals surface area contributed by atoms with Gasteiger partial charge in [0.2, 0.25) is 0 Å². The monoisotopic (exact) mass is 247 g/mol. The summed E-state index contributed by atoms with van der Waals surface area (Å²) in [6, 6.07) is 9.82. The Kier molecular flexibility index (Phi) is 3.05. The summed E-state index contributed by atoms with van der Waals surface area (Å²) in [5, 5.41) is 0. The first-order valence-electron chi connectivity index (χ1n) is 2.70. The molecule has 1 aromatic carbocycles. The van der Waals surface area contributed by atoms with Crippen molar-refractivity contribution in [2.75, 3.05) is 0 Å². The average Bonchev–Trinajstić information content (AvgIpc) is 2.03. The molecule has 0 unspecified atom stereocenters. The maximum atomic E-state index is 8.02. The molecule has 0 aliphatic rings. The van der Waals surface area contributed by atoms with Gasteiger partial charge in [-0.2, -0.15) is 0 Å². The van der Waals surface area contributed by atoms with Crippen LogP contribution in [0.15, 0.2) is 33.7 Å². The summed E-state index contributed by atoms with van der Waals surface area (Å²) in [6.45, 7) is 0. The molecule has 0 saturated heterocycles. The molecular formula is C6H6IN3. The summed E-state index contributed by atoms with van der Waals surface area (Å²) in [4.78, 5) is 2.71. The van der Waals surface area contributed by atoms with E-state index in [9.17, 15) is 0 Å². The fourth-order valence-electron chi connectivity index (χ4n) is 0.547. The second kappa shape index (κ2) is 4.14. The van der Waals surface area contributed by atoms with Crippen LogP contribution in [-0.4, -0.2) is 0 Å². The molecule has 0 amide bonds. The van der Waals surface area contributed by atoms with E-state index in [0.717, 1.165) is 0 Å². The van der Waals surface area contributed by atoms with Crippen molar-refractivity contribution < 1.29 is 0 Å². The minimum atomic E-state index is -0.630. The molecule has 3 nitrogen and oxygen atoms in total. The van der Waals surface area contributed by atoms with Gasteiger partial charge in [0.25, 0.3) is 0 Å². The molecule has 52 valence electrons. The Hall–Kier alpha value is -0.740. The van der Waals surface area contributed by atoms with Crippen LogP contribution in [0.2, 0.25) is 0 Å². The van der Waals surface area contributed by atoms with Crippen molar-refractivity contribution in [2.45, 2.75) is 0 Å². The topological polar surface area (TPSA) is 48.8 Å². The number of rotatable bonds is 2. The van der Waals surface area contributed by atoms with E-state index in [1.165, 1.54) is 3.57 Å². The molecule has 0 atom stereocenters. The quantitative estimate of drug-likeness (QED) is 0.334. The molecule has 0 spiro atoms. The summed E-state index contributed by atoms with van der Waals surface area (Å²) in [6.07, 6.45) is 0. The van der Waals surface area contributed by atoms with Crippen LogP contribution in [0.5, 0.6) is 0 Å². The Balaban J connectivity index is 2.67. The van der Waals surface area contributed by atoms with Crippen LogP contribution >= 0.6 is 21.5 Å². The fraction of sp³-hybridized carbons (Fsp3) is 0. The van der Waals surface area contributed by atoms with Gasteiger partial charge in [-0.1, -0.05) is 0 Å². The Labute approximate surface area is 69.3 Å². The molecule has 0 bridgehead atoms. The zero-order chi connectivity index (χ0) is 7.23. The molecule has 10 heavy (non-hydrogen) atoms. The zero-order valence-corrected chi connectivity index (χ0v) is 7.47. The van der Waals surface area contributed by atoms with E-state index in [0.29, 0.717) is 0 Å². The molecular weight excluding hydrogens is 241 g/mol. The Morgan fingerprint density at radius 3 is 2.60 bits per heavy atom. The van der Waals surface area contributed by atoms with Crippen LogP contribution in [0.1, 0.15) is 0 Å². The Morgan fingerprint density at radius 2 is 2.00 bits per heavy atom. The maximum absolute atomic E-state index is 8.02. The number of benzene rings is 1. The first kappa shape index (κ1) is 7.37. The average molecular weight is 247 g/mol. The molecule has 0 radical (unpaired) electrons. The van der Waals surface area contributed by atoms with E-state index in [1.54, 1.807) is 0 Å². The first-order chi connectivity index (χ1) is 4.93. The third-order valence-corrected chi connectivity index (χ3v) is 2.75. The summed E-state index contributed by atoms with van der Waals surface area (Å²) < 4.78 is 4.72. The van der Waals surface area contributed by atoms with Crippen LogP contribution in [0.25, 0.3) is 10.4 Å². The number of halogens is 1. The molecule has 1 aromatic rings. The van der Waals surface area contributed by atoms with Crippen LogP contribution in [0.3, 0.4) is 0 Å². The van der Waals surface area contributed by atoms with E-state index in [1.807, 2.05) is 30.3 Å². The van der Waals surface area contributed by atoms with Crippen molar-refractivity contribution in [1.82, 2.24) is 0 Å². The molecule has 0 aliphatic carbocycles. The van der Waals surface area contributed by atoms with E-state index < -0.39 is 21.5 Å². The molecule has 4 heteroatoms. The van der Waals surface area contributed by atoms with Gasteiger partial charge in [0.05, 0.1) is 0 Å². The molecule has 0 aliphatic heterocycles. The molecule has 0 fully saturated rings. The first-order valence-corrected chi connectivity index (χ1v) is 4.90. The molecule has 1 rings (SSSR count). The number of nitrogens with zero attached hydrogens (tertiary/aromatic N) is 3. The molecule has 0 aromatic heterocycles. The van der Waals surface area contributed by atoms with Crippen molar-refractivity contribution in [3.05, 3.63) is 44.3 Å². The zero-order valence-electron chi connectivity index (χ0n) is 5.14. The van der Waals surface area contributed by atoms with E-state index in [-0.39, 0.29) is 0 Å². The van der Waals surface area contributed by atoms with Crippen molar-refractivity contribution in [2.24, 2.45) is 3.33 Å². The summed E-state index contributed by atoms with van der Waals surface area (Å²) in [5.41, 5.74) is 8.02. The Morgan fingerprint density at radius 1 is 1.30 bits per heavy atom. The van der Waals surface area contributed by atoms with Gasteiger partial charge in [-0.3, -0.25) is 0 Å². The third kappa shape index (κ3) is 2.24. The van der Waals surface area contributed by atoms with Crippen molar-refractivity contribution >= 4 is 21.5 Å². The van der Waals surface area contributed by atoms with E-state index >= 15 is 0 Å². The van der Waals surface area contributed by atoms with Gasteiger partial charge >= 0.3 is 69.2 Å². The van der Waals surface area contributed by atoms with E-state index in [4.69, 9.17) is 5.53 Å². The standard InChI is InChI=1S/C6H6IN3/c8-10-9-7-6-4-2-1-3-5-6/h1-5,7H. The van der Waals surface area contributed by atoms with Crippen LogP contribution < -0.4 is 0 Å². The fourth-order valence-corrected chi connectivity index (χ4v) is 1.72. The Bertz CT molecular complexity index is 240. The normalized spacial score (nSPS) is 8.80. The second-order valence-electron chi connectivity index (χ2n) is 1.58. The molecule has 0 N–H and O–H groups in total. The van der Waals surface area contributed by atoms with Gasteiger partial charge in [0.15, 0.2) is 0 Å². The third-order valence-electron chi connectivity index (χ3n) is 0.926. The molecule has 0 heterocycles. The van der Waals surface area contributed by atoms with Crippen molar-refractivity contribution in [3.8, 4) is 0 Å². The van der Waals surface area contributed by atoms with Gasteiger partial charge < -0.3 is 0 Å².